The lowest BCUT2D eigenvalue weighted by molar-refractivity contribution is -0.116. The maximum absolute atomic E-state index is 14.0. The third-order valence-corrected chi connectivity index (χ3v) is 8.45. The molecule has 0 unspecified atom stereocenters. The topological polar surface area (TPSA) is 64.7 Å². The number of hydrogen-bond acceptors (Lipinski definition) is 5. The number of amides is 2. The Balaban J connectivity index is 1.18. The Hall–Kier alpha value is -3.23. The van der Waals surface area contributed by atoms with Gasteiger partial charge in [-0.2, -0.15) is 11.8 Å². The van der Waals surface area contributed by atoms with Crippen LogP contribution in [0.1, 0.15) is 27.0 Å². The molecular formula is C29H30ClFN4O2S. The number of carbonyl (C=O) groups is 2. The number of fused-ring (bicyclic) bond motifs is 1. The number of nitrogens with one attached hydrogen (secondary N) is 2. The van der Waals surface area contributed by atoms with E-state index < -0.39 is 6.04 Å². The molecule has 198 valence electrons. The summed E-state index contributed by atoms with van der Waals surface area (Å²) in [6.45, 7) is 7.03. The largest absolute Gasteiger partial charge is 0.371 e. The van der Waals surface area contributed by atoms with Gasteiger partial charge >= 0.3 is 0 Å². The lowest BCUT2D eigenvalue weighted by Gasteiger charge is -2.37. The van der Waals surface area contributed by atoms with Gasteiger partial charge in [-0.1, -0.05) is 29.8 Å². The van der Waals surface area contributed by atoms with Crippen molar-refractivity contribution < 1.29 is 14.0 Å². The van der Waals surface area contributed by atoms with Crippen LogP contribution in [0.5, 0.6) is 0 Å². The van der Waals surface area contributed by atoms with Gasteiger partial charge in [-0.05, 0) is 61.4 Å². The lowest BCUT2D eigenvalue weighted by atomic mass is 10.1. The highest BCUT2D eigenvalue weighted by molar-refractivity contribution is 7.98. The molecule has 1 saturated heterocycles. The molecule has 1 atom stereocenters. The Morgan fingerprint density at radius 3 is 2.61 bits per heavy atom. The maximum Gasteiger partial charge on any atom is 0.254 e. The fraction of sp³-hybridized carbons (Fsp3) is 0.310. The number of nitrogens with zero attached hydrogens (tertiary/aromatic N) is 2. The molecule has 9 heteroatoms. The third kappa shape index (κ3) is 5.61. The average molecular weight is 553 g/mol. The van der Waals surface area contributed by atoms with Gasteiger partial charge in [0.15, 0.2) is 0 Å². The quantitative estimate of drug-likeness (QED) is 0.409. The van der Waals surface area contributed by atoms with Gasteiger partial charge in [0.25, 0.3) is 5.91 Å². The van der Waals surface area contributed by atoms with Crippen molar-refractivity contribution in [3.05, 3.63) is 87.7 Å². The van der Waals surface area contributed by atoms with Crippen LogP contribution >= 0.6 is 23.4 Å². The van der Waals surface area contributed by atoms with Crippen molar-refractivity contribution in [1.29, 1.82) is 0 Å². The predicted molar refractivity (Wildman–Crippen MR) is 154 cm³/mol. The molecule has 0 saturated carbocycles. The Morgan fingerprint density at radius 1 is 1.05 bits per heavy atom. The fourth-order valence-electron chi connectivity index (χ4n) is 4.84. The summed E-state index contributed by atoms with van der Waals surface area (Å²) in [6.07, 6.45) is 0. The summed E-state index contributed by atoms with van der Waals surface area (Å²) in [6, 6.07) is 16.0. The molecule has 2 heterocycles. The number of anilines is 3. The van der Waals surface area contributed by atoms with Crippen molar-refractivity contribution in [2.75, 3.05) is 47.5 Å². The summed E-state index contributed by atoms with van der Waals surface area (Å²) >= 11 is 7.54. The second kappa shape index (κ2) is 11.3. The summed E-state index contributed by atoms with van der Waals surface area (Å²) in [4.78, 5) is 30.2. The molecule has 6 nitrogen and oxygen atoms in total. The number of carbonyl (C=O) groups excluding carboxylic acids is 2. The van der Waals surface area contributed by atoms with E-state index in [9.17, 15) is 14.0 Å². The van der Waals surface area contributed by atoms with E-state index in [0.29, 0.717) is 46.4 Å². The van der Waals surface area contributed by atoms with Crippen molar-refractivity contribution in [3.8, 4) is 0 Å². The van der Waals surface area contributed by atoms with Crippen LogP contribution in [0.4, 0.5) is 21.5 Å². The highest BCUT2D eigenvalue weighted by atomic mass is 35.5. The van der Waals surface area contributed by atoms with Gasteiger partial charge in [-0.3, -0.25) is 9.59 Å². The Kier molecular flexibility index (Phi) is 7.81. The molecule has 0 bridgehead atoms. The predicted octanol–water partition coefficient (Wildman–Crippen LogP) is 5.72. The van der Waals surface area contributed by atoms with Crippen LogP contribution in [0, 0.1) is 19.7 Å². The minimum Gasteiger partial charge on any atom is -0.371 e. The first-order valence-electron chi connectivity index (χ1n) is 12.6. The van der Waals surface area contributed by atoms with Crippen molar-refractivity contribution in [1.82, 2.24) is 4.90 Å². The van der Waals surface area contributed by atoms with E-state index in [-0.39, 0.29) is 17.6 Å². The van der Waals surface area contributed by atoms with Crippen LogP contribution in [-0.2, 0) is 10.5 Å². The van der Waals surface area contributed by atoms with Gasteiger partial charge < -0.3 is 20.4 Å². The molecule has 0 radical (unpaired) electrons. The molecule has 0 aromatic heterocycles. The zero-order valence-electron chi connectivity index (χ0n) is 21.4. The molecule has 5 rings (SSSR count). The maximum atomic E-state index is 14.0. The molecule has 2 aliphatic heterocycles. The minimum absolute atomic E-state index is 0.0397. The van der Waals surface area contributed by atoms with Crippen LogP contribution in [0.3, 0.4) is 0 Å². The van der Waals surface area contributed by atoms with Gasteiger partial charge in [-0.25, -0.2) is 4.39 Å². The SMILES string of the molecule is Cc1ccc(C)c(N2CCN(C(=O)c3ccc4c(c3)NC(=O)[C@H](CSCc3c(F)cccc3Cl)N4)CC2)c1. The molecule has 2 N–H and O–H groups in total. The van der Waals surface area contributed by atoms with Crippen LogP contribution in [0.2, 0.25) is 5.02 Å². The first-order chi connectivity index (χ1) is 18.3. The molecule has 0 spiro atoms. The molecule has 0 aliphatic carbocycles. The number of benzene rings is 3. The van der Waals surface area contributed by atoms with E-state index in [4.69, 9.17) is 11.6 Å². The van der Waals surface area contributed by atoms with Gasteiger partial charge in [0.2, 0.25) is 5.91 Å². The number of aryl methyl sites for hydroxylation is 2. The second-order valence-electron chi connectivity index (χ2n) is 9.73. The van der Waals surface area contributed by atoms with Gasteiger partial charge in [0.05, 0.1) is 11.4 Å². The van der Waals surface area contributed by atoms with E-state index in [1.165, 1.54) is 34.6 Å². The molecule has 38 heavy (non-hydrogen) atoms. The highest BCUT2D eigenvalue weighted by Gasteiger charge is 2.28. The molecule has 2 aliphatic rings. The zero-order valence-corrected chi connectivity index (χ0v) is 23.0. The Bertz CT molecular complexity index is 1360. The van der Waals surface area contributed by atoms with Crippen molar-refractivity contribution in [2.24, 2.45) is 0 Å². The Morgan fingerprint density at radius 2 is 1.84 bits per heavy atom. The smallest absolute Gasteiger partial charge is 0.254 e. The number of rotatable bonds is 6. The van der Waals surface area contributed by atoms with Crippen molar-refractivity contribution in [3.63, 3.8) is 0 Å². The van der Waals surface area contributed by atoms with Gasteiger partial charge in [0.1, 0.15) is 11.9 Å². The van der Waals surface area contributed by atoms with Crippen LogP contribution in [0.15, 0.2) is 54.6 Å². The second-order valence-corrected chi connectivity index (χ2v) is 11.2. The zero-order chi connectivity index (χ0) is 26.8. The summed E-state index contributed by atoms with van der Waals surface area (Å²) in [5.41, 5.74) is 6.03. The molecule has 3 aromatic rings. The molecular weight excluding hydrogens is 523 g/mol. The van der Waals surface area contributed by atoms with Crippen LogP contribution in [0.25, 0.3) is 0 Å². The standard InChI is InChI=1S/C29H30ClFN4O2S/c1-18-6-7-19(2)27(14-18)34-10-12-35(13-11-34)29(37)20-8-9-24-25(15-20)33-28(36)26(32-24)17-38-16-21-22(30)4-3-5-23(21)31/h3-9,14-15,26,32H,10-13,16-17H2,1-2H3,(H,33,36)/t26-/m0/s1. The van der Waals surface area contributed by atoms with E-state index in [0.717, 1.165) is 18.8 Å². The monoisotopic (exact) mass is 552 g/mol. The van der Waals surface area contributed by atoms with Gasteiger partial charge in [0, 0.05) is 59.5 Å². The van der Waals surface area contributed by atoms with E-state index in [2.05, 4.69) is 47.6 Å². The number of thioether (sulfide) groups is 1. The Labute approximate surface area is 231 Å². The van der Waals surface area contributed by atoms with Crippen molar-refractivity contribution >= 4 is 52.2 Å². The minimum atomic E-state index is -0.474. The normalized spacial score (nSPS) is 17.1. The highest BCUT2D eigenvalue weighted by Crippen LogP contribution is 2.31. The first kappa shape index (κ1) is 26.4. The molecule has 2 amide bonds. The summed E-state index contributed by atoms with van der Waals surface area (Å²) in [5.74, 6) is 0.244. The lowest BCUT2D eigenvalue weighted by Crippen LogP contribution is -2.49. The van der Waals surface area contributed by atoms with Gasteiger partial charge in [-0.15, -0.1) is 0 Å². The van der Waals surface area contributed by atoms with E-state index >= 15 is 0 Å². The molecule has 1 fully saturated rings. The van der Waals surface area contributed by atoms with E-state index in [1.54, 1.807) is 24.3 Å². The average Bonchev–Trinajstić information content (AvgIpc) is 2.91. The third-order valence-electron chi connectivity index (χ3n) is 7.04. The number of hydrogen-bond donors (Lipinski definition) is 2. The molecule has 3 aromatic carbocycles. The first-order valence-corrected chi connectivity index (χ1v) is 14.2. The van der Waals surface area contributed by atoms with Crippen molar-refractivity contribution in [2.45, 2.75) is 25.6 Å². The van der Waals surface area contributed by atoms with Crippen LogP contribution < -0.4 is 15.5 Å². The fourth-order valence-corrected chi connectivity index (χ4v) is 6.23. The summed E-state index contributed by atoms with van der Waals surface area (Å²) < 4.78 is 14.0. The number of halogens is 2. The van der Waals surface area contributed by atoms with Crippen LogP contribution in [-0.4, -0.2) is 54.7 Å². The summed E-state index contributed by atoms with van der Waals surface area (Å²) in [7, 11) is 0. The number of piperazine rings is 1. The summed E-state index contributed by atoms with van der Waals surface area (Å²) in [5, 5.41) is 6.56. The van der Waals surface area contributed by atoms with E-state index in [1.807, 2.05) is 11.0 Å².